The van der Waals surface area contributed by atoms with E-state index in [0.717, 1.165) is 89.9 Å². The Labute approximate surface area is 433 Å². The maximum atomic E-state index is 12.8. The molecule has 6 heteroatoms. The molecule has 0 spiro atoms. The summed E-state index contributed by atoms with van der Waals surface area (Å²) >= 11 is 0. The molecule has 1 atom stereocenters. The topological polar surface area (TPSA) is 78.9 Å². The Hall–Kier alpha value is -3.15. The Morgan fingerprint density at radius 1 is 0.300 bits per heavy atom. The van der Waals surface area contributed by atoms with E-state index >= 15 is 0 Å². The van der Waals surface area contributed by atoms with Gasteiger partial charge in [-0.1, -0.05) is 261 Å². The van der Waals surface area contributed by atoms with Crippen molar-refractivity contribution in [1.29, 1.82) is 0 Å². The first kappa shape index (κ1) is 66.9. The monoisotopic (exact) mass is 977 g/mol. The van der Waals surface area contributed by atoms with Crippen molar-refractivity contribution in [3.8, 4) is 0 Å². The largest absolute Gasteiger partial charge is 0.462 e. The quantitative estimate of drug-likeness (QED) is 0.0261. The van der Waals surface area contributed by atoms with Crippen LogP contribution in [0.25, 0.3) is 0 Å². The molecule has 404 valence electrons. The zero-order chi connectivity index (χ0) is 50.7. The molecule has 0 saturated carbocycles. The number of hydrogen-bond donors (Lipinski definition) is 0. The van der Waals surface area contributed by atoms with Crippen LogP contribution in [0.4, 0.5) is 0 Å². The summed E-state index contributed by atoms with van der Waals surface area (Å²) in [6, 6.07) is 0. The van der Waals surface area contributed by atoms with Crippen LogP contribution < -0.4 is 0 Å². The van der Waals surface area contributed by atoms with Crippen molar-refractivity contribution in [3.05, 3.63) is 72.9 Å². The fraction of sp³-hybridized carbons (Fsp3) is 0.766. The number of hydrogen-bond acceptors (Lipinski definition) is 6. The van der Waals surface area contributed by atoms with Crippen molar-refractivity contribution < 1.29 is 28.6 Å². The lowest BCUT2D eigenvalue weighted by Crippen LogP contribution is -2.30. The van der Waals surface area contributed by atoms with Gasteiger partial charge in [-0.25, -0.2) is 0 Å². The highest BCUT2D eigenvalue weighted by atomic mass is 16.6. The van der Waals surface area contributed by atoms with Gasteiger partial charge in [0.2, 0.25) is 0 Å². The number of carbonyl (C=O) groups excluding carboxylic acids is 3. The SMILES string of the molecule is CC/C=C\C/C=C\C/C=C\C/C=C\CCCCCCCCCCCCC(=O)OCC(COC(=O)CCCCCCCC)OC(=O)CCCCCCCCCCCCC/C=C\C/C=C\CCCCCCC. The third kappa shape index (κ3) is 55.8. The lowest BCUT2D eigenvalue weighted by atomic mass is 10.0. The van der Waals surface area contributed by atoms with Crippen molar-refractivity contribution >= 4 is 17.9 Å². The Morgan fingerprint density at radius 3 is 0.871 bits per heavy atom. The lowest BCUT2D eigenvalue weighted by Gasteiger charge is -2.18. The predicted molar refractivity (Wildman–Crippen MR) is 302 cm³/mol. The normalized spacial score (nSPS) is 12.6. The van der Waals surface area contributed by atoms with Crippen LogP contribution in [0.1, 0.15) is 297 Å². The molecule has 0 rings (SSSR count). The highest BCUT2D eigenvalue weighted by molar-refractivity contribution is 5.71. The van der Waals surface area contributed by atoms with E-state index in [9.17, 15) is 14.4 Å². The summed E-state index contributed by atoms with van der Waals surface area (Å²) in [5.41, 5.74) is 0. The minimum Gasteiger partial charge on any atom is -0.462 e. The molecule has 70 heavy (non-hydrogen) atoms. The van der Waals surface area contributed by atoms with E-state index in [0.29, 0.717) is 19.3 Å². The van der Waals surface area contributed by atoms with Crippen LogP contribution in [0, 0.1) is 0 Å². The number of carbonyl (C=O) groups is 3. The van der Waals surface area contributed by atoms with E-state index in [-0.39, 0.29) is 31.1 Å². The molecule has 0 aliphatic carbocycles. The molecule has 0 aliphatic rings. The summed E-state index contributed by atoms with van der Waals surface area (Å²) in [6.45, 7) is 6.48. The molecule has 0 bridgehead atoms. The Kier molecular flexibility index (Phi) is 55.8. The molecule has 1 unspecified atom stereocenters. The van der Waals surface area contributed by atoms with Gasteiger partial charge < -0.3 is 14.2 Å². The number of unbranched alkanes of at least 4 members (excludes halogenated alkanes) is 31. The molecule has 0 N–H and O–H groups in total. The minimum atomic E-state index is -0.775. The van der Waals surface area contributed by atoms with E-state index in [1.165, 1.54) is 167 Å². The molecule has 0 radical (unpaired) electrons. The first-order chi connectivity index (χ1) is 34.5. The maximum absolute atomic E-state index is 12.8. The first-order valence-corrected chi connectivity index (χ1v) is 29.9. The third-order valence-corrected chi connectivity index (χ3v) is 12.9. The maximum Gasteiger partial charge on any atom is 0.306 e. The van der Waals surface area contributed by atoms with Crippen LogP contribution in [0.5, 0.6) is 0 Å². The van der Waals surface area contributed by atoms with Crippen LogP contribution in [0.2, 0.25) is 0 Å². The average Bonchev–Trinajstić information content (AvgIpc) is 3.36. The van der Waals surface area contributed by atoms with Gasteiger partial charge in [-0.3, -0.25) is 14.4 Å². The molecule has 0 heterocycles. The van der Waals surface area contributed by atoms with Gasteiger partial charge in [0.1, 0.15) is 13.2 Å². The van der Waals surface area contributed by atoms with Crippen LogP contribution in [0.3, 0.4) is 0 Å². The minimum absolute atomic E-state index is 0.0761. The summed E-state index contributed by atoms with van der Waals surface area (Å²) < 4.78 is 16.8. The summed E-state index contributed by atoms with van der Waals surface area (Å²) in [4.78, 5) is 37.9. The van der Waals surface area contributed by atoms with Crippen molar-refractivity contribution in [2.45, 2.75) is 303 Å². The fourth-order valence-corrected chi connectivity index (χ4v) is 8.47. The summed E-state index contributed by atoms with van der Waals surface area (Å²) in [6.07, 6.45) is 75.0. The van der Waals surface area contributed by atoms with Gasteiger partial charge in [0, 0.05) is 19.3 Å². The van der Waals surface area contributed by atoms with Crippen molar-refractivity contribution in [3.63, 3.8) is 0 Å². The predicted octanol–water partition coefficient (Wildman–Crippen LogP) is 20.2. The van der Waals surface area contributed by atoms with Crippen LogP contribution in [-0.2, 0) is 28.6 Å². The molecule has 0 aliphatic heterocycles. The molecule has 6 nitrogen and oxygen atoms in total. The molecule has 0 saturated heterocycles. The highest BCUT2D eigenvalue weighted by Crippen LogP contribution is 2.16. The Bertz CT molecular complexity index is 1310. The van der Waals surface area contributed by atoms with E-state index in [1.807, 2.05) is 0 Å². The van der Waals surface area contributed by atoms with Gasteiger partial charge in [-0.05, 0) is 89.9 Å². The second kappa shape index (κ2) is 58.4. The van der Waals surface area contributed by atoms with E-state index in [4.69, 9.17) is 14.2 Å². The second-order valence-electron chi connectivity index (χ2n) is 19.9. The van der Waals surface area contributed by atoms with Gasteiger partial charge in [-0.15, -0.1) is 0 Å². The van der Waals surface area contributed by atoms with Crippen LogP contribution in [0.15, 0.2) is 72.9 Å². The zero-order valence-electron chi connectivity index (χ0n) is 46.3. The number of esters is 3. The van der Waals surface area contributed by atoms with Gasteiger partial charge in [-0.2, -0.15) is 0 Å². The Balaban J connectivity index is 4.13. The van der Waals surface area contributed by atoms with E-state index in [2.05, 4.69) is 93.7 Å². The fourth-order valence-electron chi connectivity index (χ4n) is 8.47. The van der Waals surface area contributed by atoms with Crippen LogP contribution in [-0.4, -0.2) is 37.2 Å². The summed E-state index contributed by atoms with van der Waals surface area (Å²) in [7, 11) is 0. The smallest absolute Gasteiger partial charge is 0.306 e. The number of ether oxygens (including phenoxy) is 3. The molecule has 0 fully saturated rings. The Morgan fingerprint density at radius 2 is 0.557 bits per heavy atom. The third-order valence-electron chi connectivity index (χ3n) is 12.9. The van der Waals surface area contributed by atoms with Gasteiger partial charge in [0.25, 0.3) is 0 Å². The molecular formula is C64H112O6. The number of allylic oxidation sites excluding steroid dienone is 12. The van der Waals surface area contributed by atoms with Gasteiger partial charge in [0.05, 0.1) is 0 Å². The molecular weight excluding hydrogens is 865 g/mol. The van der Waals surface area contributed by atoms with E-state index in [1.54, 1.807) is 0 Å². The lowest BCUT2D eigenvalue weighted by molar-refractivity contribution is -0.167. The van der Waals surface area contributed by atoms with Gasteiger partial charge in [0.15, 0.2) is 6.10 Å². The van der Waals surface area contributed by atoms with Crippen molar-refractivity contribution in [1.82, 2.24) is 0 Å². The first-order valence-electron chi connectivity index (χ1n) is 29.9. The molecule has 0 aromatic heterocycles. The summed E-state index contributed by atoms with van der Waals surface area (Å²) in [5, 5.41) is 0. The van der Waals surface area contributed by atoms with Crippen molar-refractivity contribution in [2.75, 3.05) is 13.2 Å². The summed E-state index contributed by atoms with van der Waals surface area (Å²) in [5.74, 6) is -0.883. The van der Waals surface area contributed by atoms with Crippen molar-refractivity contribution in [2.24, 2.45) is 0 Å². The molecule has 0 aromatic rings. The van der Waals surface area contributed by atoms with Crippen LogP contribution >= 0.6 is 0 Å². The average molecular weight is 978 g/mol. The highest BCUT2D eigenvalue weighted by Gasteiger charge is 2.19. The standard InChI is InChI=1S/C64H112O6/c1-4-7-10-13-16-18-20-22-24-26-28-30-32-34-36-38-40-42-44-46-48-51-54-57-63(66)69-60-61(59-68-62(65)56-53-50-15-12-9-6-3)70-64(67)58-55-52-49-47-45-43-41-39-37-35-33-31-29-27-25-23-21-19-17-14-11-8-5-2/h7,10,16,18,21-24,27-30,61H,4-6,8-9,11-15,17,19-20,25-26,31-60H2,1-3H3/b10-7-,18-16-,23-21-,24-22-,29-27-,30-28-. The van der Waals surface area contributed by atoms with Gasteiger partial charge >= 0.3 is 17.9 Å². The molecule has 0 aromatic carbocycles. The molecule has 0 amide bonds. The second-order valence-corrected chi connectivity index (χ2v) is 19.9. The zero-order valence-corrected chi connectivity index (χ0v) is 46.3. The van der Waals surface area contributed by atoms with E-state index < -0.39 is 6.10 Å². The number of rotatable bonds is 54.